The van der Waals surface area contributed by atoms with E-state index in [9.17, 15) is 15.0 Å². The standard InChI is InChI=1S/C31H36N2O5/c1-37-27-17-16-23-19-33(30(34)28(22-12-6-3-7-13-22)32-24-14-8-9-15-24)26(31(35)36)18-25(23)29(27)38-20-21-10-4-2-5-11-21/h2-7,10-13,16-17,24,26,28,30,32,34H,8-9,14-15,18-20H2,1H3,(H,35,36)/t26-,28-,30?/m0/s1. The second-order valence-electron chi connectivity index (χ2n) is 10.2. The van der Waals surface area contributed by atoms with Gasteiger partial charge in [0.05, 0.1) is 13.2 Å². The highest BCUT2D eigenvalue weighted by molar-refractivity contribution is 5.75. The van der Waals surface area contributed by atoms with Crippen LogP contribution in [0.4, 0.5) is 0 Å². The Balaban J connectivity index is 1.45. The van der Waals surface area contributed by atoms with Gasteiger partial charge in [0.1, 0.15) is 18.9 Å². The van der Waals surface area contributed by atoms with Crippen LogP contribution in [0.5, 0.6) is 11.5 Å². The molecule has 2 aliphatic rings. The molecule has 0 amide bonds. The van der Waals surface area contributed by atoms with Gasteiger partial charge in [-0.15, -0.1) is 0 Å². The molecule has 1 unspecified atom stereocenters. The summed E-state index contributed by atoms with van der Waals surface area (Å²) >= 11 is 0. The lowest BCUT2D eigenvalue weighted by molar-refractivity contribution is -0.152. The van der Waals surface area contributed by atoms with Crippen LogP contribution in [0.1, 0.15) is 54.0 Å². The lowest BCUT2D eigenvalue weighted by Gasteiger charge is -2.42. The minimum Gasteiger partial charge on any atom is -0.493 e. The van der Waals surface area contributed by atoms with Crippen LogP contribution >= 0.6 is 0 Å². The first kappa shape index (κ1) is 26.2. The first-order valence-corrected chi connectivity index (χ1v) is 13.4. The van der Waals surface area contributed by atoms with E-state index in [-0.39, 0.29) is 13.0 Å². The molecule has 7 heteroatoms. The van der Waals surface area contributed by atoms with Crippen molar-refractivity contribution in [2.75, 3.05) is 7.11 Å². The van der Waals surface area contributed by atoms with Crippen LogP contribution < -0.4 is 14.8 Å². The summed E-state index contributed by atoms with van der Waals surface area (Å²) in [5, 5.41) is 25.7. The zero-order chi connectivity index (χ0) is 26.5. The van der Waals surface area contributed by atoms with E-state index in [0.717, 1.165) is 47.9 Å². The minimum absolute atomic E-state index is 0.202. The monoisotopic (exact) mass is 516 g/mol. The smallest absolute Gasteiger partial charge is 0.321 e. The summed E-state index contributed by atoms with van der Waals surface area (Å²) in [6, 6.07) is 22.5. The van der Waals surface area contributed by atoms with Crippen molar-refractivity contribution in [2.45, 2.75) is 69.6 Å². The molecule has 3 aromatic carbocycles. The number of methoxy groups -OCH3 is 1. The summed E-state index contributed by atoms with van der Waals surface area (Å²) < 4.78 is 11.8. The Morgan fingerprint density at radius 3 is 2.37 bits per heavy atom. The van der Waals surface area contributed by atoms with Gasteiger partial charge in [0.15, 0.2) is 11.5 Å². The SMILES string of the molecule is COc1ccc2c(c1OCc1ccccc1)C[C@@H](C(=O)O)N(C(O)[C@@H](NC1CCCC1)c1ccccc1)C2. The number of nitrogens with zero attached hydrogens (tertiary/aromatic N) is 1. The zero-order valence-electron chi connectivity index (χ0n) is 21.8. The summed E-state index contributed by atoms with van der Waals surface area (Å²) in [5.74, 6) is 0.167. The van der Waals surface area contributed by atoms with Crippen molar-refractivity contribution in [3.63, 3.8) is 0 Å². The highest BCUT2D eigenvalue weighted by atomic mass is 16.5. The van der Waals surface area contributed by atoms with Crippen molar-refractivity contribution in [1.82, 2.24) is 10.2 Å². The number of carboxylic acids is 1. The molecule has 1 aliphatic heterocycles. The van der Waals surface area contributed by atoms with Gasteiger partial charge in [-0.3, -0.25) is 9.69 Å². The highest BCUT2D eigenvalue weighted by Crippen LogP contribution is 2.40. The number of rotatable bonds is 10. The lowest BCUT2D eigenvalue weighted by atomic mass is 9.91. The summed E-state index contributed by atoms with van der Waals surface area (Å²) in [4.78, 5) is 14.3. The molecule has 0 spiro atoms. The van der Waals surface area contributed by atoms with Crippen molar-refractivity contribution >= 4 is 5.97 Å². The second kappa shape index (κ2) is 12.0. The van der Waals surface area contributed by atoms with E-state index >= 15 is 0 Å². The Bertz CT molecular complexity index is 1210. The molecule has 200 valence electrons. The zero-order valence-corrected chi connectivity index (χ0v) is 21.8. The second-order valence-corrected chi connectivity index (χ2v) is 10.2. The van der Waals surface area contributed by atoms with Gasteiger partial charge < -0.3 is 25.0 Å². The van der Waals surface area contributed by atoms with Crippen molar-refractivity contribution in [3.05, 3.63) is 95.1 Å². The molecule has 1 fully saturated rings. The van der Waals surface area contributed by atoms with E-state index in [0.29, 0.717) is 24.1 Å². The fraction of sp³-hybridized carbons (Fsp3) is 0.387. The van der Waals surface area contributed by atoms with E-state index in [1.165, 1.54) is 0 Å². The van der Waals surface area contributed by atoms with Crippen LogP contribution in [-0.4, -0.2) is 46.5 Å². The molecule has 0 bridgehead atoms. The first-order chi connectivity index (χ1) is 18.5. The number of aliphatic carboxylic acids is 1. The maximum absolute atomic E-state index is 12.6. The third-order valence-electron chi connectivity index (χ3n) is 7.77. The lowest BCUT2D eigenvalue weighted by Crippen LogP contribution is -2.55. The molecule has 1 aliphatic carbocycles. The fourth-order valence-electron chi connectivity index (χ4n) is 5.74. The highest BCUT2D eigenvalue weighted by Gasteiger charge is 2.41. The predicted molar refractivity (Wildman–Crippen MR) is 145 cm³/mol. The number of aliphatic hydroxyl groups excluding tert-OH is 1. The Morgan fingerprint density at radius 2 is 1.71 bits per heavy atom. The van der Waals surface area contributed by atoms with E-state index in [4.69, 9.17) is 9.47 Å². The largest absolute Gasteiger partial charge is 0.493 e. The van der Waals surface area contributed by atoms with Crippen LogP contribution in [0, 0.1) is 0 Å². The minimum atomic E-state index is -1.02. The maximum Gasteiger partial charge on any atom is 0.321 e. The van der Waals surface area contributed by atoms with Gasteiger partial charge in [-0.1, -0.05) is 79.6 Å². The van der Waals surface area contributed by atoms with Crippen LogP contribution in [-0.2, 0) is 24.4 Å². The van der Waals surface area contributed by atoms with Gasteiger partial charge in [-0.2, -0.15) is 0 Å². The number of carbonyl (C=O) groups is 1. The summed E-state index contributed by atoms with van der Waals surface area (Å²) in [7, 11) is 1.59. The molecule has 0 radical (unpaired) electrons. The van der Waals surface area contributed by atoms with Crippen LogP contribution in [0.25, 0.3) is 0 Å². The molecule has 3 aromatic rings. The molecule has 1 saturated carbocycles. The molecule has 3 atom stereocenters. The van der Waals surface area contributed by atoms with Crippen molar-refractivity contribution in [3.8, 4) is 11.5 Å². The van der Waals surface area contributed by atoms with E-state index in [1.807, 2.05) is 72.8 Å². The van der Waals surface area contributed by atoms with Crippen molar-refractivity contribution < 1.29 is 24.5 Å². The quantitative estimate of drug-likeness (QED) is 0.361. The number of benzene rings is 3. The number of hydrogen-bond acceptors (Lipinski definition) is 6. The number of carboxylic acid groups (broad SMARTS) is 1. The maximum atomic E-state index is 12.6. The number of ether oxygens (including phenoxy) is 2. The summed E-state index contributed by atoms with van der Waals surface area (Å²) in [6.45, 7) is 0.633. The first-order valence-electron chi connectivity index (χ1n) is 13.4. The normalized spacial score (nSPS) is 19.5. The van der Waals surface area contributed by atoms with E-state index in [2.05, 4.69) is 5.32 Å². The Kier molecular flexibility index (Phi) is 8.27. The average molecular weight is 517 g/mol. The molecule has 0 aromatic heterocycles. The third-order valence-corrected chi connectivity index (χ3v) is 7.77. The predicted octanol–water partition coefficient (Wildman–Crippen LogP) is 4.68. The molecular weight excluding hydrogens is 480 g/mol. The van der Waals surface area contributed by atoms with Gasteiger partial charge in [0.25, 0.3) is 0 Å². The molecule has 0 saturated heterocycles. The van der Waals surface area contributed by atoms with Crippen molar-refractivity contribution in [1.29, 1.82) is 0 Å². The van der Waals surface area contributed by atoms with Gasteiger partial charge >= 0.3 is 5.97 Å². The van der Waals surface area contributed by atoms with Gasteiger partial charge in [0, 0.05) is 24.6 Å². The van der Waals surface area contributed by atoms with Crippen LogP contribution in [0.15, 0.2) is 72.8 Å². The third kappa shape index (κ3) is 5.70. The average Bonchev–Trinajstić information content (AvgIpc) is 3.48. The Morgan fingerprint density at radius 1 is 1.03 bits per heavy atom. The molecule has 38 heavy (non-hydrogen) atoms. The summed E-state index contributed by atoms with van der Waals surface area (Å²) in [6.07, 6.45) is 3.62. The molecular formula is C31H36N2O5. The fourth-order valence-corrected chi connectivity index (χ4v) is 5.74. The van der Waals surface area contributed by atoms with E-state index in [1.54, 1.807) is 12.0 Å². The van der Waals surface area contributed by atoms with Crippen LogP contribution in [0.3, 0.4) is 0 Å². The number of nitrogens with one attached hydrogen (secondary N) is 1. The molecule has 7 nitrogen and oxygen atoms in total. The van der Waals surface area contributed by atoms with Gasteiger partial charge in [-0.05, 0) is 35.6 Å². The Labute approximate surface area is 224 Å². The number of hydrogen-bond donors (Lipinski definition) is 3. The number of fused-ring (bicyclic) bond motifs is 1. The molecule has 1 heterocycles. The summed E-state index contributed by atoms with van der Waals surface area (Å²) in [5.41, 5.74) is 3.70. The van der Waals surface area contributed by atoms with Crippen LogP contribution in [0.2, 0.25) is 0 Å². The van der Waals surface area contributed by atoms with Crippen molar-refractivity contribution in [2.24, 2.45) is 0 Å². The topological polar surface area (TPSA) is 91.3 Å². The molecule has 5 rings (SSSR count). The van der Waals surface area contributed by atoms with Gasteiger partial charge in [-0.25, -0.2) is 0 Å². The van der Waals surface area contributed by atoms with Gasteiger partial charge in [0.2, 0.25) is 0 Å². The number of aliphatic hydroxyl groups is 1. The Hall–Kier alpha value is -3.39. The van der Waals surface area contributed by atoms with E-state index < -0.39 is 24.3 Å². The molecule has 3 N–H and O–H groups in total.